The lowest BCUT2D eigenvalue weighted by molar-refractivity contribution is -0.304. The fourth-order valence-corrected chi connectivity index (χ4v) is 3.89. The van der Waals surface area contributed by atoms with Crippen LogP contribution in [-0.2, 0) is 4.79 Å². The topological polar surface area (TPSA) is 107 Å². The highest BCUT2D eigenvalue weighted by Gasteiger charge is 2.17. The van der Waals surface area contributed by atoms with Crippen LogP contribution in [-0.4, -0.2) is 33.5 Å². The van der Waals surface area contributed by atoms with E-state index in [1.165, 1.54) is 13.3 Å². The minimum atomic E-state index is -1.15. The molecule has 2 amide bonds. The van der Waals surface area contributed by atoms with E-state index < -0.39 is 11.2 Å². The second-order valence-corrected chi connectivity index (χ2v) is 7.45. The van der Waals surface area contributed by atoms with Crippen LogP contribution in [0.1, 0.15) is 39.0 Å². The Kier molecular flexibility index (Phi) is 5.80. The number of nitrogens with zero attached hydrogens (tertiary/aromatic N) is 2. The Morgan fingerprint density at radius 3 is 2.71 bits per heavy atom. The number of amides is 2. The van der Waals surface area contributed by atoms with Gasteiger partial charge in [0.1, 0.15) is 0 Å². The smallest absolute Gasteiger partial charge is 0.321 e. The summed E-state index contributed by atoms with van der Waals surface area (Å²) in [4.78, 5) is 22.5. The number of carbonyl (C=O) groups excluding carboxylic acids is 2. The average molecular weight is 329 g/mol. The second kappa shape index (κ2) is 7.60. The molecule has 1 aliphatic rings. The number of carboxylic acids is 1. The molecule has 1 fully saturated rings. The first-order valence-corrected chi connectivity index (χ1v) is 8.53. The van der Waals surface area contributed by atoms with Gasteiger partial charge in [0.05, 0.1) is 5.97 Å². The van der Waals surface area contributed by atoms with Crippen LogP contribution in [0.5, 0.6) is 0 Å². The molecule has 1 aromatic rings. The zero-order valence-electron chi connectivity index (χ0n) is 11.6. The van der Waals surface area contributed by atoms with Gasteiger partial charge in [-0.2, -0.15) is 0 Å². The zero-order valence-corrected chi connectivity index (χ0v) is 13.3. The lowest BCUT2D eigenvalue weighted by Crippen LogP contribution is -2.38. The molecule has 21 heavy (non-hydrogen) atoms. The standard InChI is InChI=1S/C12H18N4O3S2/c1-7(9(17)18)20-12-16-15-11(21-12)14-10(19)13-8-5-3-2-4-6-8/h7-8H,2-6H2,1H3,(H,17,18)(H2,13,14,15,19)/p-1/t7-/m0/s1. The van der Waals surface area contributed by atoms with Crippen molar-refractivity contribution in [1.82, 2.24) is 15.5 Å². The minimum Gasteiger partial charge on any atom is -0.549 e. The van der Waals surface area contributed by atoms with Crippen LogP contribution in [0.25, 0.3) is 0 Å². The van der Waals surface area contributed by atoms with Gasteiger partial charge in [-0.05, 0) is 19.8 Å². The van der Waals surface area contributed by atoms with Gasteiger partial charge in [-0.15, -0.1) is 10.2 Å². The van der Waals surface area contributed by atoms with E-state index in [4.69, 9.17) is 0 Å². The first-order valence-electron chi connectivity index (χ1n) is 6.83. The van der Waals surface area contributed by atoms with E-state index in [1.54, 1.807) is 0 Å². The number of thioether (sulfide) groups is 1. The molecular weight excluding hydrogens is 312 g/mol. The molecule has 1 aromatic heterocycles. The van der Waals surface area contributed by atoms with Crippen molar-refractivity contribution in [3.05, 3.63) is 0 Å². The maximum absolute atomic E-state index is 11.8. The minimum absolute atomic E-state index is 0.221. The van der Waals surface area contributed by atoms with Gasteiger partial charge in [0.25, 0.3) is 0 Å². The summed E-state index contributed by atoms with van der Waals surface area (Å²) >= 11 is 2.19. The van der Waals surface area contributed by atoms with Gasteiger partial charge < -0.3 is 15.2 Å². The predicted octanol–water partition coefficient (Wildman–Crippen LogP) is 1.22. The lowest BCUT2D eigenvalue weighted by Gasteiger charge is -2.22. The number of rotatable bonds is 5. The second-order valence-electron chi connectivity index (χ2n) is 4.89. The van der Waals surface area contributed by atoms with Crippen molar-refractivity contribution in [2.45, 2.75) is 54.7 Å². The third kappa shape index (κ3) is 5.16. The number of hydrogen-bond acceptors (Lipinski definition) is 7. The van der Waals surface area contributed by atoms with Crippen LogP contribution in [0, 0.1) is 0 Å². The maximum Gasteiger partial charge on any atom is 0.321 e. The largest absolute Gasteiger partial charge is 0.549 e. The van der Waals surface area contributed by atoms with E-state index in [0.717, 1.165) is 48.8 Å². The molecule has 0 unspecified atom stereocenters. The molecule has 0 saturated heterocycles. The summed E-state index contributed by atoms with van der Waals surface area (Å²) in [6, 6.07) is -0.0684. The predicted molar refractivity (Wildman–Crippen MR) is 79.3 cm³/mol. The SMILES string of the molecule is C[C@H](Sc1nnc(NC(=O)NC2CCCCC2)s1)C(=O)[O-]. The molecule has 0 aromatic carbocycles. The first kappa shape index (κ1) is 16.0. The van der Waals surface area contributed by atoms with Crippen molar-refractivity contribution in [3.8, 4) is 0 Å². The Hall–Kier alpha value is -1.35. The van der Waals surface area contributed by atoms with Crippen molar-refractivity contribution in [3.63, 3.8) is 0 Å². The Bertz CT molecular complexity index is 502. The molecule has 1 saturated carbocycles. The Balaban J connectivity index is 1.81. The molecule has 0 aliphatic heterocycles. The Morgan fingerprint density at radius 2 is 2.05 bits per heavy atom. The van der Waals surface area contributed by atoms with Crippen LogP contribution in [0.15, 0.2) is 4.34 Å². The summed E-state index contributed by atoms with van der Waals surface area (Å²) in [5.74, 6) is -1.15. The van der Waals surface area contributed by atoms with Gasteiger partial charge in [0, 0.05) is 11.3 Å². The van der Waals surface area contributed by atoms with E-state index >= 15 is 0 Å². The van der Waals surface area contributed by atoms with Crippen LogP contribution in [0.3, 0.4) is 0 Å². The van der Waals surface area contributed by atoms with E-state index in [1.807, 2.05) is 0 Å². The molecular formula is C12H17N4O3S2-. The third-order valence-electron chi connectivity index (χ3n) is 3.18. The van der Waals surface area contributed by atoms with Crippen molar-refractivity contribution in [2.75, 3.05) is 5.32 Å². The summed E-state index contributed by atoms with van der Waals surface area (Å²) in [7, 11) is 0. The number of hydrogen-bond donors (Lipinski definition) is 2. The van der Waals surface area contributed by atoms with Crippen molar-refractivity contribution >= 4 is 40.2 Å². The highest BCUT2D eigenvalue weighted by atomic mass is 32.2. The summed E-state index contributed by atoms with van der Waals surface area (Å²) in [5, 5.41) is 23.5. The maximum atomic E-state index is 11.8. The lowest BCUT2D eigenvalue weighted by atomic mass is 9.96. The van der Waals surface area contributed by atoms with Gasteiger partial charge in [0.2, 0.25) is 5.13 Å². The fourth-order valence-electron chi connectivity index (χ4n) is 2.07. The number of anilines is 1. The normalized spacial score (nSPS) is 17.2. The van der Waals surface area contributed by atoms with E-state index in [9.17, 15) is 14.7 Å². The zero-order chi connectivity index (χ0) is 15.2. The van der Waals surface area contributed by atoms with Crippen LogP contribution < -0.4 is 15.7 Å². The fraction of sp³-hybridized carbons (Fsp3) is 0.667. The average Bonchev–Trinajstić information content (AvgIpc) is 2.86. The number of carboxylic acid groups (broad SMARTS) is 1. The van der Waals surface area contributed by atoms with Gasteiger partial charge in [-0.3, -0.25) is 5.32 Å². The number of urea groups is 1. The number of carbonyl (C=O) groups is 2. The molecule has 9 heteroatoms. The van der Waals surface area contributed by atoms with Gasteiger partial charge in [-0.25, -0.2) is 4.79 Å². The quantitative estimate of drug-likeness (QED) is 0.621. The molecule has 0 radical (unpaired) electrons. The summed E-state index contributed by atoms with van der Waals surface area (Å²) < 4.78 is 0.486. The van der Waals surface area contributed by atoms with E-state index in [0.29, 0.717) is 9.47 Å². The van der Waals surface area contributed by atoms with Gasteiger partial charge >= 0.3 is 6.03 Å². The molecule has 1 aliphatic carbocycles. The highest BCUT2D eigenvalue weighted by molar-refractivity contribution is 8.02. The van der Waals surface area contributed by atoms with Crippen molar-refractivity contribution in [2.24, 2.45) is 0 Å². The molecule has 0 spiro atoms. The Labute approximate surface area is 130 Å². The Morgan fingerprint density at radius 1 is 1.33 bits per heavy atom. The van der Waals surface area contributed by atoms with Crippen LogP contribution in [0.4, 0.5) is 9.93 Å². The number of nitrogens with one attached hydrogen (secondary N) is 2. The van der Waals surface area contributed by atoms with E-state index in [-0.39, 0.29) is 12.1 Å². The van der Waals surface area contributed by atoms with Gasteiger partial charge in [0.15, 0.2) is 4.34 Å². The third-order valence-corrected chi connectivity index (χ3v) is 5.18. The van der Waals surface area contributed by atoms with Crippen LogP contribution in [0.2, 0.25) is 0 Å². The first-order chi connectivity index (χ1) is 10.0. The molecule has 7 nitrogen and oxygen atoms in total. The summed E-state index contributed by atoms with van der Waals surface area (Å²) in [6.45, 7) is 1.52. The van der Waals surface area contributed by atoms with Crippen molar-refractivity contribution in [1.29, 1.82) is 0 Å². The van der Waals surface area contributed by atoms with Crippen molar-refractivity contribution < 1.29 is 14.7 Å². The molecule has 116 valence electrons. The van der Waals surface area contributed by atoms with Crippen LogP contribution >= 0.6 is 23.1 Å². The molecule has 0 bridgehead atoms. The monoisotopic (exact) mass is 329 g/mol. The molecule has 1 atom stereocenters. The summed E-state index contributed by atoms with van der Waals surface area (Å²) in [6.07, 6.45) is 5.53. The molecule has 2 N–H and O–H groups in total. The number of aromatic nitrogens is 2. The molecule has 1 heterocycles. The molecule has 2 rings (SSSR count). The van der Waals surface area contributed by atoms with Gasteiger partial charge in [-0.1, -0.05) is 42.4 Å². The number of aliphatic carboxylic acids is 1. The highest BCUT2D eigenvalue weighted by Crippen LogP contribution is 2.28. The van der Waals surface area contributed by atoms with E-state index in [2.05, 4.69) is 20.8 Å². The summed E-state index contributed by atoms with van der Waals surface area (Å²) in [5.41, 5.74) is 0.